The lowest BCUT2D eigenvalue weighted by molar-refractivity contribution is 0.0696. The van der Waals surface area contributed by atoms with E-state index in [4.69, 9.17) is 14.6 Å². The number of carboxylic acid groups (broad SMARTS) is 1. The third kappa shape index (κ3) is 3.41. The summed E-state index contributed by atoms with van der Waals surface area (Å²) in [6, 6.07) is 4.29. The van der Waals surface area contributed by atoms with Gasteiger partial charge in [-0.2, -0.15) is 0 Å². The van der Waals surface area contributed by atoms with Gasteiger partial charge in [0.25, 0.3) is 0 Å². The van der Waals surface area contributed by atoms with Gasteiger partial charge in [-0.1, -0.05) is 0 Å². The largest absolute Gasteiger partial charge is 0.490 e. The summed E-state index contributed by atoms with van der Waals surface area (Å²) in [5, 5.41) is 8.95. The molecule has 1 heterocycles. The van der Waals surface area contributed by atoms with E-state index in [2.05, 4.69) is 0 Å². The third-order valence-electron chi connectivity index (χ3n) is 2.97. The summed E-state index contributed by atoms with van der Waals surface area (Å²) in [7, 11) is -3.02. The lowest BCUT2D eigenvalue weighted by Crippen LogP contribution is -2.18. The Balaban J connectivity index is 2.20. The molecule has 6 nitrogen and oxygen atoms in total. The highest BCUT2D eigenvalue weighted by Gasteiger charge is 2.30. The van der Waals surface area contributed by atoms with E-state index in [1.807, 2.05) is 0 Å². The molecule has 1 aromatic carbocycles. The standard InChI is InChI=1S/C13H16O6S/c1-2-18-12-7-9(13(14)15)3-4-11(12)19-10-5-6-20(16,17)8-10/h3-4,7,10H,2,5-6,8H2,1H3,(H,14,15). The van der Waals surface area contributed by atoms with E-state index in [-0.39, 0.29) is 17.1 Å². The smallest absolute Gasteiger partial charge is 0.335 e. The van der Waals surface area contributed by atoms with Crippen molar-refractivity contribution in [2.24, 2.45) is 0 Å². The molecule has 2 rings (SSSR count). The number of ether oxygens (including phenoxy) is 2. The molecule has 1 fully saturated rings. The number of carboxylic acids is 1. The first kappa shape index (κ1) is 14.6. The molecule has 1 aliphatic heterocycles. The molecule has 0 aliphatic carbocycles. The number of benzene rings is 1. The average Bonchev–Trinajstić information content (AvgIpc) is 2.71. The summed E-state index contributed by atoms with van der Waals surface area (Å²) in [6.07, 6.45) is 0.0316. The molecule has 0 radical (unpaired) electrons. The number of sulfone groups is 1. The van der Waals surface area contributed by atoms with Gasteiger partial charge in [0.15, 0.2) is 21.3 Å². The predicted molar refractivity (Wildman–Crippen MR) is 72.3 cm³/mol. The first-order chi connectivity index (χ1) is 9.41. The molecule has 0 spiro atoms. The number of rotatable bonds is 5. The van der Waals surface area contributed by atoms with Gasteiger partial charge >= 0.3 is 5.97 Å². The monoisotopic (exact) mass is 300 g/mol. The Kier molecular flexibility index (Phi) is 4.17. The second-order valence-corrected chi connectivity index (χ2v) is 6.77. The molecule has 1 saturated heterocycles. The average molecular weight is 300 g/mol. The van der Waals surface area contributed by atoms with Crippen molar-refractivity contribution in [2.45, 2.75) is 19.4 Å². The Morgan fingerprint density at radius 1 is 1.40 bits per heavy atom. The Morgan fingerprint density at radius 3 is 2.70 bits per heavy atom. The molecule has 1 atom stereocenters. The maximum Gasteiger partial charge on any atom is 0.335 e. The Bertz CT molecular complexity index is 607. The van der Waals surface area contributed by atoms with Crippen LogP contribution in [-0.4, -0.2) is 43.7 Å². The summed E-state index contributed by atoms with van der Waals surface area (Å²) in [6.45, 7) is 2.14. The molecule has 0 saturated carbocycles. The van der Waals surface area contributed by atoms with Crippen molar-refractivity contribution in [3.8, 4) is 11.5 Å². The van der Waals surface area contributed by atoms with Crippen LogP contribution in [0.3, 0.4) is 0 Å². The van der Waals surface area contributed by atoms with Gasteiger partial charge in [-0.15, -0.1) is 0 Å². The predicted octanol–water partition coefficient (Wildman–Crippen LogP) is 1.35. The Labute approximate surface area is 117 Å². The van der Waals surface area contributed by atoms with Crippen LogP contribution in [0.25, 0.3) is 0 Å². The van der Waals surface area contributed by atoms with Crippen LogP contribution in [0.15, 0.2) is 18.2 Å². The first-order valence-electron chi connectivity index (χ1n) is 6.28. The van der Waals surface area contributed by atoms with Gasteiger partial charge in [0.2, 0.25) is 0 Å². The Morgan fingerprint density at radius 2 is 2.15 bits per heavy atom. The number of hydrogen-bond donors (Lipinski definition) is 1. The second kappa shape index (κ2) is 5.70. The Hall–Kier alpha value is -1.76. The molecule has 0 bridgehead atoms. The lowest BCUT2D eigenvalue weighted by atomic mass is 10.2. The minimum Gasteiger partial charge on any atom is -0.490 e. The van der Waals surface area contributed by atoms with E-state index in [1.54, 1.807) is 6.92 Å². The lowest BCUT2D eigenvalue weighted by Gasteiger charge is -2.16. The molecule has 0 aromatic heterocycles. The molecule has 20 heavy (non-hydrogen) atoms. The number of aromatic carboxylic acids is 1. The van der Waals surface area contributed by atoms with Gasteiger partial charge in [0, 0.05) is 0 Å². The molecular formula is C13H16O6S. The van der Waals surface area contributed by atoms with Crippen molar-refractivity contribution in [3.63, 3.8) is 0 Å². The van der Waals surface area contributed by atoms with Crippen LogP contribution >= 0.6 is 0 Å². The van der Waals surface area contributed by atoms with Crippen LogP contribution in [0.4, 0.5) is 0 Å². The van der Waals surface area contributed by atoms with Crippen LogP contribution in [0, 0.1) is 0 Å². The summed E-state index contributed by atoms with van der Waals surface area (Å²) >= 11 is 0. The van der Waals surface area contributed by atoms with Crippen LogP contribution in [-0.2, 0) is 9.84 Å². The molecule has 1 unspecified atom stereocenters. The highest BCUT2D eigenvalue weighted by Crippen LogP contribution is 2.31. The van der Waals surface area contributed by atoms with Crippen molar-refractivity contribution in [1.29, 1.82) is 0 Å². The van der Waals surface area contributed by atoms with Crippen molar-refractivity contribution < 1.29 is 27.8 Å². The van der Waals surface area contributed by atoms with Gasteiger partial charge < -0.3 is 14.6 Å². The van der Waals surface area contributed by atoms with Crippen molar-refractivity contribution in [2.75, 3.05) is 18.1 Å². The second-order valence-electron chi connectivity index (χ2n) is 4.54. The molecule has 7 heteroatoms. The fourth-order valence-electron chi connectivity index (χ4n) is 2.04. The molecule has 1 aromatic rings. The number of carbonyl (C=O) groups is 1. The first-order valence-corrected chi connectivity index (χ1v) is 8.10. The van der Waals surface area contributed by atoms with E-state index >= 15 is 0 Å². The van der Waals surface area contributed by atoms with Gasteiger partial charge in [-0.25, -0.2) is 13.2 Å². The number of hydrogen-bond acceptors (Lipinski definition) is 5. The van der Waals surface area contributed by atoms with Gasteiger partial charge in [-0.3, -0.25) is 0 Å². The summed E-state index contributed by atoms with van der Waals surface area (Å²) in [5.74, 6) is -0.259. The van der Waals surface area contributed by atoms with Crippen LogP contribution < -0.4 is 9.47 Å². The van der Waals surface area contributed by atoms with Crippen molar-refractivity contribution >= 4 is 15.8 Å². The van der Waals surface area contributed by atoms with Crippen molar-refractivity contribution in [1.82, 2.24) is 0 Å². The van der Waals surface area contributed by atoms with Crippen LogP contribution in [0.5, 0.6) is 11.5 Å². The van der Waals surface area contributed by atoms with E-state index in [1.165, 1.54) is 18.2 Å². The third-order valence-corrected chi connectivity index (χ3v) is 4.71. The highest BCUT2D eigenvalue weighted by atomic mass is 32.2. The maximum absolute atomic E-state index is 11.4. The zero-order chi connectivity index (χ0) is 14.8. The van der Waals surface area contributed by atoms with E-state index in [9.17, 15) is 13.2 Å². The highest BCUT2D eigenvalue weighted by molar-refractivity contribution is 7.91. The zero-order valence-electron chi connectivity index (χ0n) is 11.0. The topological polar surface area (TPSA) is 89.9 Å². The van der Waals surface area contributed by atoms with E-state index in [0.29, 0.717) is 24.5 Å². The molecule has 110 valence electrons. The van der Waals surface area contributed by atoms with Crippen LogP contribution in [0.1, 0.15) is 23.7 Å². The van der Waals surface area contributed by atoms with E-state index < -0.39 is 21.9 Å². The molecule has 1 N–H and O–H groups in total. The minimum atomic E-state index is -3.02. The van der Waals surface area contributed by atoms with Gasteiger partial charge in [0.05, 0.1) is 23.7 Å². The SMILES string of the molecule is CCOc1cc(C(=O)O)ccc1OC1CCS(=O)(=O)C1. The zero-order valence-corrected chi connectivity index (χ0v) is 11.9. The molecule has 1 aliphatic rings. The fourth-order valence-corrected chi connectivity index (χ4v) is 3.63. The molecular weight excluding hydrogens is 284 g/mol. The minimum absolute atomic E-state index is 0.0146. The summed E-state index contributed by atoms with van der Waals surface area (Å²) < 4.78 is 33.8. The molecule has 0 amide bonds. The van der Waals surface area contributed by atoms with Gasteiger partial charge in [-0.05, 0) is 31.5 Å². The van der Waals surface area contributed by atoms with Crippen LogP contribution in [0.2, 0.25) is 0 Å². The summed E-state index contributed by atoms with van der Waals surface area (Å²) in [5.41, 5.74) is 0.0971. The summed E-state index contributed by atoms with van der Waals surface area (Å²) in [4.78, 5) is 10.9. The van der Waals surface area contributed by atoms with Gasteiger partial charge in [0.1, 0.15) is 6.10 Å². The quantitative estimate of drug-likeness (QED) is 0.882. The van der Waals surface area contributed by atoms with Crippen molar-refractivity contribution in [3.05, 3.63) is 23.8 Å². The maximum atomic E-state index is 11.4. The normalized spacial score (nSPS) is 20.6. The van der Waals surface area contributed by atoms with E-state index in [0.717, 1.165) is 0 Å². The fraction of sp³-hybridized carbons (Fsp3) is 0.462.